The first-order chi connectivity index (χ1) is 23.9. The Morgan fingerprint density at radius 2 is 1.35 bits per heavy atom. The summed E-state index contributed by atoms with van der Waals surface area (Å²) < 4.78 is 95.3. The second kappa shape index (κ2) is 19.2. The van der Waals surface area contributed by atoms with Crippen LogP contribution in [0.3, 0.4) is 0 Å². The molecule has 0 spiro atoms. The molecule has 0 bridgehead atoms. The van der Waals surface area contributed by atoms with Gasteiger partial charge in [0.2, 0.25) is 0 Å². The number of carbonyl (C=O) groups is 2. The minimum absolute atomic E-state index is 0.00793. The average molecular weight is 781 g/mol. The van der Waals surface area contributed by atoms with Gasteiger partial charge in [0.1, 0.15) is 11.4 Å². The summed E-state index contributed by atoms with van der Waals surface area (Å²) in [6.07, 6.45) is -5.38. The van der Waals surface area contributed by atoms with Gasteiger partial charge in [0, 0.05) is 23.7 Å². The number of amides is 2. The van der Waals surface area contributed by atoms with E-state index in [-0.39, 0.29) is 41.3 Å². The van der Waals surface area contributed by atoms with E-state index in [2.05, 4.69) is 15.4 Å². The van der Waals surface area contributed by atoms with Crippen molar-refractivity contribution < 1.29 is 54.9 Å². The molecular weight excluding hydrogens is 742 g/mol. The highest BCUT2D eigenvalue weighted by atomic mass is 35.5. The lowest BCUT2D eigenvalue weighted by Crippen LogP contribution is -2.34. The van der Waals surface area contributed by atoms with Crippen molar-refractivity contribution in [2.45, 2.75) is 37.4 Å². The van der Waals surface area contributed by atoms with Crippen LogP contribution < -0.4 is 20.1 Å². The number of benzene rings is 3. The van der Waals surface area contributed by atoms with Gasteiger partial charge < -0.3 is 34.3 Å². The molecule has 0 atom stereocenters. The normalized spacial score (nSPS) is 11.9. The van der Waals surface area contributed by atoms with Gasteiger partial charge in [0.15, 0.2) is 5.75 Å². The third kappa shape index (κ3) is 14.8. The van der Waals surface area contributed by atoms with Crippen LogP contribution in [0.15, 0.2) is 65.6 Å². The molecule has 18 heteroatoms. The Balaban J connectivity index is 1.39. The third-order valence-electron chi connectivity index (χ3n) is 6.27. The second-order valence-electron chi connectivity index (χ2n) is 11.5. The fraction of sp³-hybridized carbons (Fsp3) is 0.394. The molecule has 0 heterocycles. The van der Waals surface area contributed by atoms with Gasteiger partial charge in [-0.2, -0.15) is 13.2 Å². The summed E-state index contributed by atoms with van der Waals surface area (Å²) in [5.41, 5.74) is -1.70. The maximum atomic E-state index is 13.3. The second-order valence-corrected chi connectivity index (χ2v) is 14.1. The molecule has 51 heavy (non-hydrogen) atoms. The SMILES string of the molecule is CC(C)(C)OC(=O)NCCOCCOCCOCCNC(=O)c1ccc(Oc2ccc(Cl)cc2NS(=O)(=O)c2ccc(Cl)c(C(F)(F)F)c2)cc1. The zero-order valence-corrected chi connectivity index (χ0v) is 30.2. The van der Waals surface area contributed by atoms with Gasteiger partial charge in [-0.1, -0.05) is 23.2 Å². The fourth-order valence-corrected chi connectivity index (χ4v) is 5.47. The molecule has 0 saturated heterocycles. The minimum Gasteiger partial charge on any atom is -0.455 e. The summed E-state index contributed by atoms with van der Waals surface area (Å²) >= 11 is 11.7. The van der Waals surface area contributed by atoms with Crippen LogP contribution in [0.1, 0.15) is 36.7 Å². The number of sulfonamides is 1. The van der Waals surface area contributed by atoms with Crippen LogP contribution in [0, 0.1) is 0 Å². The van der Waals surface area contributed by atoms with Crippen LogP contribution in [-0.2, 0) is 35.1 Å². The van der Waals surface area contributed by atoms with Crippen molar-refractivity contribution >= 4 is 50.9 Å². The molecule has 280 valence electrons. The van der Waals surface area contributed by atoms with E-state index in [9.17, 15) is 31.2 Å². The first kappa shape index (κ1) is 41.6. The number of alkyl halides is 3. The Morgan fingerprint density at radius 3 is 1.94 bits per heavy atom. The molecule has 3 aromatic rings. The van der Waals surface area contributed by atoms with Crippen molar-refractivity contribution in [2.24, 2.45) is 0 Å². The van der Waals surface area contributed by atoms with E-state index in [4.69, 9.17) is 46.9 Å². The number of rotatable bonds is 18. The van der Waals surface area contributed by atoms with Gasteiger partial charge in [-0.25, -0.2) is 13.2 Å². The standard InChI is InChI=1S/C33H38Cl2F3N3O9S/c1-32(2,3)50-31(43)40-13-15-47-17-19-48-18-16-46-14-12-39-30(42)22-4-7-24(8-5-22)49-29-11-6-23(34)20-28(29)41-51(44,45)25-9-10-27(35)26(21-25)33(36,37)38/h4-11,20-21,41H,12-19H2,1-3H3,(H,39,42)(H,40,43). The molecular formula is C33H38Cl2F3N3O9S. The van der Waals surface area contributed by atoms with Gasteiger partial charge in [0.25, 0.3) is 15.9 Å². The average Bonchev–Trinajstić information content (AvgIpc) is 3.03. The summed E-state index contributed by atoms with van der Waals surface area (Å²) in [6, 6.07) is 12.2. The number of halogens is 5. The smallest absolute Gasteiger partial charge is 0.417 e. The fourth-order valence-electron chi connectivity index (χ4n) is 3.98. The van der Waals surface area contributed by atoms with E-state index >= 15 is 0 Å². The molecule has 12 nitrogen and oxygen atoms in total. The van der Waals surface area contributed by atoms with Crippen molar-refractivity contribution in [2.75, 3.05) is 57.5 Å². The Kier molecular flexibility index (Phi) is 15.6. The Bertz CT molecular complexity index is 1720. The maximum absolute atomic E-state index is 13.3. The van der Waals surface area contributed by atoms with Crippen LogP contribution in [0.5, 0.6) is 11.5 Å². The van der Waals surface area contributed by atoms with Crippen LogP contribution in [-0.4, -0.2) is 78.8 Å². The molecule has 0 fully saturated rings. The van der Waals surface area contributed by atoms with Crippen molar-refractivity contribution in [3.05, 3.63) is 81.8 Å². The van der Waals surface area contributed by atoms with E-state index in [1.165, 1.54) is 42.5 Å². The molecule has 0 radical (unpaired) electrons. The first-order valence-electron chi connectivity index (χ1n) is 15.4. The highest BCUT2D eigenvalue weighted by Crippen LogP contribution is 2.37. The molecule has 3 aromatic carbocycles. The van der Waals surface area contributed by atoms with E-state index in [0.717, 1.165) is 12.1 Å². The number of ether oxygens (including phenoxy) is 5. The van der Waals surface area contributed by atoms with Crippen LogP contribution >= 0.6 is 23.2 Å². The molecule has 3 N–H and O–H groups in total. The summed E-state index contributed by atoms with van der Waals surface area (Å²) in [5, 5.41) is 4.78. The Hall–Kier alpha value is -3.80. The number of alkyl carbamates (subject to hydrolysis) is 1. The molecule has 0 aromatic heterocycles. The Morgan fingerprint density at radius 1 is 0.765 bits per heavy atom. The van der Waals surface area contributed by atoms with E-state index < -0.39 is 43.4 Å². The lowest BCUT2D eigenvalue weighted by molar-refractivity contribution is -0.137. The highest BCUT2D eigenvalue weighted by Gasteiger charge is 2.34. The van der Waals surface area contributed by atoms with E-state index in [1.807, 2.05) is 0 Å². The van der Waals surface area contributed by atoms with Crippen LogP contribution in [0.2, 0.25) is 10.0 Å². The van der Waals surface area contributed by atoms with Crippen molar-refractivity contribution in [1.29, 1.82) is 0 Å². The van der Waals surface area contributed by atoms with Crippen LogP contribution in [0.4, 0.5) is 23.7 Å². The zero-order valence-electron chi connectivity index (χ0n) is 27.9. The van der Waals surface area contributed by atoms with Crippen molar-refractivity contribution in [3.8, 4) is 11.5 Å². The summed E-state index contributed by atoms with van der Waals surface area (Å²) in [7, 11) is -4.53. The predicted molar refractivity (Wildman–Crippen MR) is 184 cm³/mol. The Labute approximate surface area is 303 Å². The van der Waals surface area contributed by atoms with Gasteiger partial charge >= 0.3 is 12.3 Å². The number of carbonyl (C=O) groups excluding carboxylic acids is 2. The number of hydrogen-bond donors (Lipinski definition) is 3. The van der Waals surface area contributed by atoms with Gasteiger partial charge in [-0.3, -0.25) is 9.52 Å². The van der Waals surface area contributed by atoms with Crippen LogP contribution in [0.25, 0.3) is 0 Å². The topological polar surface area (TPSA) is 151 Å². The number of nitrogens with one attached hydrogen (secondary N) is 3. The van der Waals surface area contributed by atoms with Gasteiger partial charge in [0.05, 0.1) is 60.8 Å². The van der Waals surface area contributed by atoms with Gasteiger partial charge in [-0.05, 0) is 81.4 Å². The van der Waals surface area contributed by atoms with Gasteiger partial charge in [-0.15, -0.1) is 0 Å². The summed E-state index contributed by atoms with van der Waals surface area (Å²) in [5.74, 6) is -0.154. The molecule has 0 unspecified atom stereocenters. The monoisotopic (exact) mass is 779 g/mol. The molecule has 0 aliphatic rings. The largest absolute Gasteiger partial charge is 0.455 e. The molecule has 0 saturated carbocycles. The van der Waals surface area contributed by atoms with E-state index in [1.54, 1.807) is 20.8 Å². The summed E-state index contributed by atoms with van der Waals surface area (Å²) in [4.78, 5) is 23.4. The molecule has 3 rings (SSSR count). The number of hydrogen-bond acceptors (Lipinski definition) is 9. The number of anilines is 1. The van der Waals surface area contributed by atoms with Crippen molar-refractivity contribution in [1.82, 2.24) is 10.6 Å². The minimum atomic E-state index is -4.87. The van der Waals surface area contributed by atoms with Crippen molar-refractivity contribution in [3.63, 3.8) is 0 Å². The highest BCUT2D eigenvalue weighted by molar-refractivity contribution is 7.92. The first-order valence-corrected chi connectivity index (χ1v) is 17.6. The van der Waals surface area contributed by atoms with E-state index in [0.29, 0.717) is 51.2 Å². The zero-order chi connectivity index (χ0) is 37.7. The maximum Gasteiger partial charge on any atom is 0.417 e. The molecule has 0 aliphatic carbocycles. The predicted octanol–water partition coefficient (Wildman–Crippen LogP) is 6.91. The molecule has 2 amide bonds. The third-order valence-corrected chi connectivity index (χ3v) is 8.20. The lowest BCUT2D eigenvalue weighted by atomic mass is 10.2. The lowest BCUT2D eigenvalue weighted by Gasteiger charge is -2.19. The summed E-state index contributed by atoms with van der Waals surface area (Å²) in [6.45, 7) is 7.75. The quantitative estimate of drug-likeness (QED) is 0.117. The molecule has 0 aliphatic heterocycles.